The lowest BCUT2D eigenvalue weighted by molar-refractivity contribution is 0.925. The van der Waals surface area contributed by atoms with Crippen molar-refractivity contribution < 1.29 is 0 Å². The van der Waals surface area contributed by atoms with Gasteiger partial charge in [0.2, 0.25) is 0 Å². The molecule has 0 fully saturated rings. The molecule has 2 rings (SSSR count). The summed E-state index contributed by atoms with van der Waals surface area (Å²) in [7, 11) is 0. The highest BCUT2D eigenvalue weighted by molar-refractivity contribution is 9.09. The van der Waals surface area contributed by atoms with Crippen LogP contribution in [0.3, 0.4) is 0 Å². The van der Waals surface area contributed by atoms with Gasteiger partial charge in [-0.2, -0.15) is 0 Å². The number of aryl methyl sites for hydroxylation is 3. The Balaban J connectivity index is 2.31. The second-order valence-corrected chi connectivity index (χ2v) is 6.59. The SMILES string of the molecule is Cc1cc(C)c(C(Br)Cc2ccccc2Cl)c(C)c1. The van der Waals surface area contributed by atoms with E-state index in [1.165, 1.54) is 27.8 Å². The average Bonchev–Trinajstić information content (AvgIpc) is 2.30. The van der Waals surface area contributed by atoms with E-state index in [1.807, 2.05) is 18.2 Å². The highest BCUT2D eigenvalue weighted by Crippen LogP contribution is 2.34. The molecule has 0 aliphatic rings. The molecule has 0 aromatic heterocycles. The molecule has 0 heterocycles. The van der Waals surface area contributed by atoms with Gasteiger partial charge in [-0.05, 0) is 55.5 Å². The molecular formula is C17H18BrCl. The molecule has 100 valence electrons. The molecule has 1 unspecified atom stereocenters. The molecule has 0 nitrogen and oxygen atoms in total. The van der Waals surface area contributed by atoms with Gasteiger partial charge in [0, 0.05) is 9.85 Å². The Labute approximate surface area is 128 Å². The van der Waals surface area contributed by atoms with Crippen molar-refractivity contribution >= 4 is 27.5 Å². The van der Waals surface area contributed by atoms with Gasteiger partial charge in [0.15, 0.2) is 0 Å². The van der Waals surface area contributed by atoms with Crippen LogP contribution in [0.15, 0.2) is 36.4 Å². The number of hydrogen-bond acceptors (Lipinski definition) is 0. The van der Waals surface area contributed by atoms with Crippen LogP contribution in [0.2, 0.25) is 5.02 Å². The summed E-state index contributed by atoms with van der Waals surface area (Å²) in [4.78, 5) is 0.299. The molecule has 2 aromatic carbocycles. The molecule has 2 heteroatoms. The minimum absolute atomic E-state index is 0.299. The zero-order chi connectivity index (χ0) is 14.0. The van der Waals surface area contributed by atoms with Crippen molar-refractivity contribution in [1.82, 2.24) is 0 Å². The van der Waals surface area contributed by atoms with Crippen molar-refractivity contribution in [3.8, 4) is 0 Å². The molecule has 19 heavy (non-hydrogen) atoms. The van der Waals surface area contributed by atoms with Gasteiger partial charge in [-0.25, -0.2) is 0 Å². The highest BCUT2D eigenvalue weighted by atomic mass is 79.9. The lowest BCUT2D eigenvalue weighted by Crippen LogP contribution is -2.02. The molecule has 2 aromatic rings. The minimum atomic E-state index is 0.299. The second kappa shape index (κ2) is 6.11. The molecule has 0 saturated carbocycles. The van der Waals surface area contributed by atoms with Crippen LogP contribution in [-0.2, 0) is 6.42 Å². The fraction of sp³-hybridized carbons (Fsp3) is 0.294. The first-order valence-corrected chi connectivity index (χ1v) is 7.73. The number of rotatable bonds is 3. The van der Waals surface area contributed by atoms with Crippen molar-refractivity contribution in [2.45, 2.75) is 32.0 Å². The molecule has 1 atom stereocenters. The predicted molar refractivity (Wildman–Crippen MR) is 87.5 cm³/mol. The van der Waals surface area contributed by atoms with E-state index in [1.54, 1.807) is 0 Å². The van der Waals surface area contributed by atoms with Crippen LogP contribution in [0.4, 0.5) is 0 Å². The standard InChI is InChI=1S/C17H18BrCl/c1-11-8-12(2)17(13(3)9-11)15(18)10-14-6-4-5-7-16(14)19/h4-9,15H,10H2,1-3H3. The Morgan fingerprint density at radius 3 is 2.21 bits per heavy atom. The second-order valence-electron chi connectivity index (χ2n) is 5.08. The Bertz CT molecular complexity index is 567. The first kappa shape index (κ1) is 14.6. The van der Waals surface area contributed by atoms with Crippen molar-refractivity contribution in [2.75, 3.05) is 0 Å². The van der Waals surface area contributed by atoms with Gasteiger partial charge in [0.1, 0.15) is 0 Å². The molecule has 0 spiro atoms. The van der Waals surface area contributed by atoms with E-state index in [-0.39, 0.29) is 0 Å². The van der Waals surface area contributed by atoms with Crippen LogP contribution in [0.25, 0.3) is 0 Å². The summed E-state index contributed by atoms with van der Waals surface area (Å²) in [5.41, 5.74) is 6.56. The van der Waals surface area contributed by atoms with E-state index in [0.29, 0.717) is 4.83 Å². The summed E-state index contributed by atoms with van der Waals surface area (Å²) < 4.78 is 0. The maximum atomic E-state index is 6.24. The molecule has 0 saturated heterocycles. The third-order valence-electron chi connectivity index (χ3n) is 3.41. The largest absolute Gasteiger partial charge is 0.0840 e. The topological polar surface area (TPSA) is 0 Å². The van der Waals surface area contributed by atoms with E-state index in [9.17, 15) is 0 Å². The van der Waals surface area contributed by atoms with Gasteiger partial charge in [-0.15, -0.1) is 0 Å². The fourth-order valence-electron chi connectivity index (χ4n) is 2.64. The van der Waals surface area contributed by atoms with Gasteiger partial charge in [0.05, 0.1) is 0 Å². The molecule has 0 amide bonds. The maximum absolute atomic E-state index is 6.24. The Hall–Kier alpha value is -0.790. The smallest absolute Gasteiger partial charge is 0.0441 e. The van der Waals surface area contributed by atoms with Crippen LogP contribution < -0.4 is 0 Å². The molecule has 0 radical (unpaired) electrons. The predicted octanol–water partition coefficient (Wildman–Crippen LogP) is 5.94. The summed E-state index contributed by atoms with van der Waals surface area (Å²) in [6.07, 6.45) is 0.907. The summed E-state index contributed by atoms with van der Waals surface area (Å²) in [5.74, 6) is 0. The Morgan fingerprint density at radius 1 is 1.05 bits per heavy atom. The van der Waals surface area contributed by atoms with Crippen LogP contribution in [0.1, 0.15) is 32.6 Å². The lowest BCUT2D eigenvalue weighted by atomic mass is 9.94. The summed E-state index contributed by atoms with van der Waals surface area (Å²) in [6.45, 7) is 6.49. The monoisotopic (exact) mass is 336 g/mol. The molecule has 0 aliphatic heterocycles. The number of halogens is 2. The lowest BCUT2D eigenvalue weighted by Gasteiger charge is -2.17. The highest BCUT2D eigenvalue weighted by Gasteiger charge is 2.15. The van der Waals surface area contributed by atoms with Gasteiger partial charge < -0.3 is 0 Å². The zero-order valence-electron chi connectivity index (χ0n) is 11.5. The van der Waals surface area contributed by atoms with Crippen molar-refractivity contribution in [3.63, 3.8) is 0 Å². The molecule has 0 aliphatic carbocycles. The Kier molecular flexibility index (Phi) is 4.70. The number of benzene rings is 2. The first-order valence-electron chi connectivity index (χ1n) is 6.44. The first-order chi connectivity index (χ1) is 8.99. The maximum Gasteiger partial charge on any atom is 0.0441 e. The molecule has 0 bridgehead atoms. The molecular weight excluding hydrogens is 320 g/mol. The summed E-state index contributed by atoms with van der Waals surface area (Å²) in [5, 5.41) is 0.842. The number of hydrogen-bond donors (Lipinski definition) is 0. The quantitative estimate of drug-likeness (QED) is 0.608. The zero-order valence-corrected chi connectivity index (χ0v) is 13.8. The van der Waals surface area contributed by atoms with Gasteiger partial charge in [-0.1, -0.05) is 63.4 Å². The Morgan fingerprint density at radius 2 is 1.63 bits per heavy atom. The van der Waals surface area contributed by atoms with Crippen molar-refractivity contribution in [3.05, 3.63) is 69.2 Å². The van der Waals surface area contributed by atoms with E-state index >= 15 is 0 Å². The summed E-state index contributed by atoms with van der Waals surface area (Å²) >= 11 is 10.1. The minimum Gasteiger partial charge on any atom is -0.0840 e. The third kappa shape index (κ3) is 3.40. The van der Waals surface area contributed by atoms with Crippen molar-refractivity contribution in [2.24, 2.45) is 0 Å². The van der Waals surface area contributed by atoms with E-state index < -0.39 is 0 Å². The van der Waals surface area contributed by atoms with Crippen LogP contribution in [-0.4, -0.2) is 0 Å². The van der Waals surface area contributed by atoms with E-state index in [0.717, 1.165) is 11.4 Å². The average molecular weight is 338 g/mol. The van der Waals surface area contributed by atoms with Crippen LogP contribution in [0, 0.1) is 20.8 Å². The third-order valence-corrected chi connectivity index (χ3v) is 4.56. The van der Waals surface area contributed by atoms with E-state index in [2.05, 4.69) is 54.9 Å². The van der Waals surface area contributed by atoms with Gasteiger partial charge >= 0.3 is 0 Å². The normalized spacial score (nSPS) is 12.5. The summed E-state index contributed by atoms with van der Waals surface area (Å²) in [6, 6.07) is 12.5. The van der Waals surface area contributed by atoms with E-state index in [4.69, 9.17) is 11.6 Å². The van der Waals surface area contributed by atoms with Gasteiger partial charge in [-0.3, -0.25) is 0 Å². The fourth-order valence-corrected chi connectivity index (χ4v) is 3.93. The van der Waals surface area contributed by atoms with Crippen molar-refractivity contribution in [1.29, 1.82) is 0 Å². The van der Waals surface area contributed by atoms with Crippen LogP contribution >= 0.6 is 27.5 Å². The molecule has 0 N–H and O–H groups in total. The number of alkyl halides is 1. The van der Waals surface area contributed by atoms with Crippen LogP contribution in [0.5, 0.6) is 0 Å². The van der Waals surface area contributed by atoms with Gasteiger partial charge in [0.25, 0.3) is 0 Å².